The predicted molar refractivity (Wildman–Crippen MR) is 71.1 cm³/mol. The number of hydrogen-bond donors (Lipinski definition) is 1. The van der Waals surface area contributed by atoms with Crippen LogP contribution in [0.25, 0.3) is 10.8 Å². The van der Waals surface area contributed by atoms with Gasteiger partial charge in [-0.15, -0.1) is 11.3 Å². The van der Waals surface area contributed by atoms with Crippen LogP contribution in [-0.4, -0.2) is 14.9 Å². The molecule has 4 nitrogen and oxygen atoms in total. The second kappa shape index (κ2) is 4.27. The zero-order valence-corrected chi connectivity index (χ0v) is 10.2. The minimum atomic E-state index is -0.138. The molecule has 0 saturated heterocycles. The number of hydrogen-bond acceptors (Lipinski definition) is 4. The topological polar surface area (TPSA) is 55.1 Å². The van der Waals surface area contributed by atoms with Crippen molar-refractivity contribution >= 4 is 22.1 Å². The van der Waals surface area contributed by atoms with E-state index < -0.39 is 0 Å². The molecule has 0 aliphatic rings. The van der Waals surface area contributed by atoms with Crippen molar-refractivity contribution in [1.29, 1.82) is 0 Å². The number of benzene rings is 1. The van der Waals surface area contributed by atoms with Gasteiger partial charge in [-0.2, -0.15) is 5.10 Å². The molecule has 2 heterocycles. The van der Waals surface area contributed by atoms with Crippen molar-refractivity contribution in [1.82, 2.24) is 9.78 Å². The Morgan fingerprint density at radius 1 is 1.33 bits per heavy atom. The van der Waals surface area contributed by atoms with Crippen LogP contribution in [0.3, 0.4) is 0 Å². The summed E-state index contributed by atoms with van der Waals surface area (Å²) in [5.41, 5.74) is -0.138. The van der Waals surface area contributed by atoms with Crippen molar-refractivity contribution < 1.29 is 5.11 Å². The Labute approximate surface area is 107 Å². The maximum absolute atomic E-state index is 12.2. The van der Waals surface area contributed by atoms with Crippen LogP contribution in [0, 0.1) is 0 Å². The first-order valence-corrected chi connectivity index (χ1v) is 6.33. The van der Waals surface area contributed by atoms with E-state index in [1.807, 2.05) is 17.5 Å². The molecule has 3 rings (SSSR count). The number of phenols is 1. The summed E-state index contributed by atoms with van der Waals surface area (Å²) < 4.78 is 1.44. The summed E-state index contributed by atoms with van der Waals surface area (Å²) in [5.74, 6) is 0.139. The molecular formula is C13H10N2O2S. The molecule has 3 aromatic rings. The summed E-state index contributed by atoms with van der Waals surface area (Å²) in [4.78, 5) is 13.3. The normalized spacial score (nSPS) is 10.9. The van der Waals surface area contributed by atoms with Crippen LogP contribution in [0.15, 0.2) is 46.7 Å². The average molecular weight is 258 g/mol. The molecule has 0 fully saturated rings. The molecule has 0 atom stereocenters. The molecular weight excluding hydrogens is 248 g/mol. The van der Waals surface area contributed by atoms with E-state index >= 15 is 0 Å². The molecule has 1 aromatic carbocycles. The molecule has 2 aromatic heterocycles. The van der Waals surface area contributed by atoms with Gasteiger partial charge in [0.1, 0.15) is 5.75 Å². The van der Waals surface area contributed by atoms with E-state index in [0.717, 1.165) is 4.88 Å². The molecule has 90 valence electrons. The Morgan fingerprint density at radius 3 is 3.00 bits per heavy atom. The smallest absolute Gasteiger partial charge is 0.274 e. The summed E-state index contributed by atoms with van der Waals surface area (Å²) in [6, 6.07) is 8.60. The van der Waals surface area contributed by atoms with Gasteiger partial charge in [0, 0.05) is 10.3 Å². The van der Waals surface area contributed by atoms with Crippen molar-refractivity contribution in [3.05, 3.63) is 57.1 Å². The van der Waals surface area contributed by atoms with E-state index in [9.17, 15) is 9.90 Å². The first-order chi connectivity index (χ1) is 8.74. The molecule has 0 saturated carbocycles. The van der Waals surface area contributed by atoms with Gasteiger partial charge in [-0.3, -0.25) is 4.79 Å². The number of phenolic OH excluding ortho intramolecular Hbond substituents is 1. The fourth-order valence-corrected chi connectivity index (χ4v) is 2.52. The third kappa shape index (κ3) is 1.89. The van der Waals surface area contributed by atoms with Crippen molar-refractivity contribution in [3.63, 3.8) is 0 Å². The number of thiophene rings is 1. The molecule has 0 aliphatic heterocycles. The number of nitrogens with zero attached hydrogens (tertiary/aromatic N) is 2. The fraction of sp³-hybridized carbons (Fsp3) is 0.0769. The van der Waals surface area contributed by atoms with Gasteiger partial charge in [-0.25, -0.2) is 4.68 Å². The van der Waals surface area contributed by atoms with Gasteiger partial charge in [0.05, 0.1) is 18.1 Å². The highest BCUT2D eigenvalue weighted by Gasteiger charge is 2.05. The maximum Gasteiger partial charge on any atom is 0.274 e. The Bertz CT molecular complexity index is 747. The highest BCUT2D eigenvalue weighted by atomic mass is 32.1. The van der Waals surface area contributed by atoms with Gasteiger partial charge in [0.15, 0.2) is 0 Å². The second-order valence-electron chi connectivity index (χ2n) is 3.96. The highest BCUT2D eigenvalue weighted by molar-refractivity contribution is 7.09. The molecule has 0 bridgehead atoms. The van der Waals surface area contributed by atoms with Crippen LogP contribution in [0.2, 0.25) is 0 Å². The molecule has 18 heavy (non-hydrogen) atoms. The molecule has 0 radical (unpaired) electrons. The Hall–Kier alpha value is -2.14. The number of fused-ring (bicyclic) bond motifs is 1. The lowest BCUT2D eigenvalue weighted by molar-refractivity contribution is 0.476. The summed E-state index contributed by atoms with van der Waals surface area (Å²) in [5, 5.41) is 16.7. The van der Waals surface area contributed by atoms with Crippen molar-refractivity contribution in [2.24, 2.45) is 0 Å². The van der Waals surface area contributed by atoms with Crippen molar-refractivity contribution in [2.45, 2.75) is 6.54 Å². The fourth-order valence-electron chi connectivity index (χ4n) is 1.84. The van der Waals surface area contributed by atoms with E-state index in [0.29, 0.717) is 17.3 Å². The molecule has 0 aliphatic carbocycles. The SMILES string of the molecule is O=c1c2ccc(O)cc2cnn1Cc1cccs1. The maximum atomic E-state index is 12.2. The lowest BCUT2D eigenvalue weighted by Gasteiger charge is -2.04. The third-order valence-electron chi connectivity index (χ3n) is 2.72. The van der Waals surface area contributed by atoms with Crippen LogP contribution < -0.4 is 5.56 Å². The number of aromatic nitrogens is 2. The third-order valence-corrected chi connectivity index (χ3v) is 3.58. The lowest BCUT2D eigenvalue weighted by Crippen LogP contribution is -2.22. The summed E-state index contributed by atoms with van der Waals surface area (Å²) in [6.45, 7) is 0.479. The largest absolute Gasteiger partial charge is 0.508 e. The molecule has 0 unspecified atom stereocenters. The minimum absolute atomic E-state index is 0.138. The first kappa shape index (κ1) is 11.0. The molecule has 0 spiro atoms. The van der Waals surface area contributed by atoms with E-state index in [1.165, 1.54) is 10.7 Å². The Morgan fingerprint density at radius 2 is 2.22 bits per heavy atom. The molecule has 1 N–H and O–H groups in total. The standard InChI is InChI=1S/C13H10N2O2S/c16-10-3-4-12-9(6-10)7-14-15(13(12)17)8-11-2-1-5-18-11/h1-7,16H,8H2. The lowest BCUT2D eigenvalue weighted by atomic mass is 10.2. The van der Waals surface area contributed by atoms with Crippen LogP contribution >= 0.6 is 11.3 Å². The minimum Gasteiger partial charge on any atom is -0.508 e. The van der Waals surface area contributed by atoms with E-state index in [4.69, 9.17) is 0 Å². The first-order valence-electron chi connectivity index (χ1n) is 5.45. The predicted octanol–water partition coefficient (Wildman–Crippen LogP) is 2.21. The average Bonchev–Trinajstić information content (AvgIpc) is 2.85. The van der Waals surface area contributed by atoms with Gasteiger partial charge in [0.2, 0.25) is 0 Å². The zero-order valence-electron chi connectivity index (χ0n) is 9.41. The number of aromatic hydroxyl groups is 1. The van der Waals surface area contributed by atoms with Crippen molar-refractivity contribution in [3.8, 4) is 5.75 Å². The summed E-state index contributed by atoms with van der Waals surface area (Å²) in [6.07, 6.45) is 1.60. The van der Waals surface area contributed by atoms with Crippen LogP contribution in [0.5, 0.6) is 5.75 Å². The highest BCUT2D eigenvalue weighted by Crippen LogP contribution is 2.16. The van der Waals surface area contributed by atoms with Crippen molar-refractivity contribution in [2.75, 3.05) is 0 Å². The van der Waals surface area contributed by atoms with Gasteiger partial charge in [-0.05, 0) is 29.6 Å². The monoisotopic (exact) mass is 258 g/mol. The zero-order chi connectivity index (χ0) is 12.5. The quantitative estimate of drug-likeness (QED) is 0.766. The number of rotatable bonds is 2. The summed E-state index contributed by atoms with van der Waals surface area (Å²) in [7, 11) is 0. The van der Waals surface area contributed by atoms with E-state index in [-0.39, 0.29) is 11.3 Å². The van der Waals surface area contributed by atoms with E-state index in [1.54, 1.807) is 29.7 Å². The second-order valence-corrected chi connectivity index (χ2v) is 4.99. The van der Waals surface area contributed by atoms with Gasteiger partial charge >= 0.3 is 0 Å². The molecule has 5 heteroatoms. The van der Waals surface area contributed by atoms with Crippen LogP contribution in [-0.2, 0) is 6.54 Å². The van der Waals surface area contributed by atoms with Gasteiger partial charge < -0.3 is 5.11 Å². The Balaban J connectivity index is 2.12. The molecule has 0 amide bonds. The van der Waals surface area contributed by atoms with E-state index in [2.05, 4.69) is 5.10 Å². The van der Waals surface area contributed by atoms with Gasteiger partial charge in [0.25, 0.3) is 5.56 Å². The Kier molecular flexibility index (Phi) is 2.60. The summed E-state index contributed by atoms with van der Waals surface area (Å²) >= 11 is 1.59. The van der Waals surface area contributed by atoms with Gasteiger partial charge in [-0.1, -0.05) is 6.07 Å². The van der Waals surface area contributed by atoms with Crippen LogP contribution in [0.1, 0.15) is 4.88 Å². The van der Waals surface area contributed by atoms with Crippen LogP contribution in [0.4, 0.5) is 0 Å².